The van der Waals surface area contributed by atoms with E-state index in [0.717, 1.165) is 11.8 Å². The summed E-state index contributed by atoms with van der Waals surface area (Å²) in [6.45, 7) is 0. The fourth-order valence-corrected chi connectivity index (χ4v) is 1.81. The molecule has 0 spiro atoms. The van der Waals surface area contributed by atoms with Crippen LogP contribution >= 0.6 is 0 Å². The molecule has 0 fully saturated rings. The second-order valence-corrected chi connectivity index (χ2v) is 5.84. The van der Waals surface area contributed by atoms with Crippen LogP contribution in [0.15, 0.2) is 30.3 Å². The largest absolute Gasteiger partial charge is 0.299 e. The highest BCUT2D eigenvalue weighted by Crippen LogP contribution is 2.02. The first kappa shape index (κ1) is 11.9. The van der Waals surface area contributed by atoms with Gasteiger partial charge < -0.3 is 0 Å². The molecule has 1 aromatic rings. The van der Waals surface area contributed by atoms with Crippen molar-refractivity contribution >= 4 is 15.6 Å². The maximum Gasteiger partial charge on any atom is 0.147 e. The number of hydrogen-bond donors (Lipinski definition) is 0. The lowest BCUT2D eigenvalue weighted by Crippen LogP contribution is -2.11. The third-order valence-electron chi connectivity index (χ3n) is 2.00. The van der Waals surface area contributed by atoms with Crippen LogP contribution in [0.4, 0.5) is 0 Å². The summed E-state index contributed by atoms with van der Waals surface area (Å²) < 4.78 is 21.7. The first-order valence-electron chi connectivity index (χ1n) is 4.71. The van der Waals surface area contributed by atoms with Crippen molar-refractivity contribution in [1.29, 1.82) is 0 Å². The average Bonchev–Trinajstić information content (AvgIpc) is 2.15. The van der Waals surface area contributed by atoms with Gasteiger partial charge in [0.2, 0.25) is 0 Å². The van der Waals surface area contributed by atoms with E-state index < -0.39 is 9.84 Å². The normalized spacial score (nSPS) is 11.3. The van der Waals surface area contributed by atoms with Crippen molar-refractivity contribution in [3.63, 3.8) is 0 Å². The van der Waals surface area contributed by atoms with E-state index in [1.807, 2.05) is 30.3 Å². The quantitative estimate of drug-likeness (QED) is 0.759. The van der Waals surface area contributed by atoms with Gasteiger partial charge in [-0.15, -0.1) is 0 Å². The highest BCUT2D eigenvalue weighted by atomic mass is 32.2. The number of carbonyl (C=O) groups is 1. The molecule has 4 heteroatoms. The van der Waals surface area contributed by atoms with Gasteiger partial charge in [0.25, 0.3) is 0 Å². The first-order valence-corrected chi connectivity index (χ1v) is 6.77. The summed E-state index contributed by atoms with van der Waals surface area (Å²) in [5, 5.41) is 0. The second kappa shape index (κ2) is 5.07. The van der Waals surface area contributed by atoms with Gasteiger partial charge in [0.15, 0.2) is 0 Å². The summed E-state index contributed by atoms with van der Waals surface area (Å²) in [5.74, 6) is -0.0924. The minimum Gasteiger partial charge on any atom is -0.299 e. The molecule has 0 saturated carbocycles. The van der Waals surface area contributed by atoms with E-state index >= 15 is 0 Å². The summed E-state index contributed by atoms with van der Waals surface area (Å²) in [7, 11) is -3.03. The molecular weight excluding hydrogens is 212 g/mol. The predicted octanol–water partition coefficient (Wildman–Crippen LogP) is 1.23. The van der Waals surface area contributed by atoms with Crippen LogP contribution in [-0.4, -0.2) is 26.2 Å². The van der Waals surface area contributed by atoms with Crippen molar-refractivity contribution in [3.8, 4) is 0 Å². The van der Waals surface area contributed by atoms with Gasteiger partial charge in [-0.2, -0.15) is 0 Å². The monoisotopic (exact) mass is 226 g/mol. The van der Waals surface area contributed by atoms with E-state index in [1.165, 1.54) is 0 Å². The van der Waals surface area contributed by atoms with Gasteiger partial charge in [-0.05, 0) is 5.56 Å². The Kier molecular flexibility index (Phi) is 4.03. The zero-order valence-electron chi connectivity index (χ0n) is 8.64. The summed E-state index contributed by atoms with van der Waals surface area (Å²) in [6.07, 6.45) is 1.56. The molecule has 0 aliphatic rings. The van der Waals surface area contributed by atoms with Crippen LogP contribution in [0.2, 0.25) is 0 Å². The van der Waals surface area contributed by atoms with Crippen molar-refractivity contribution in [1.82, 2.24) is 0 Å². The molecule has 0 aliphatic carbocycles. The van der Waals surface area contributed by atoms with Crippen LogP contribution in [0.25, 0.3) is 0 Å². The lowest BCUT2D eigenvalue weighted by atomic mass is 10.1. The smallest absolute Gasteiger partial charge is 0.147 e. The zero-order valence-corrected chi connectivity index (χ0v) is 9.46. The lowest BCUT2D eigenvalue weighted by molar-refractivity contribution is -0.118. The summed E-state index contributed by atoms with van der Waals surface area (Å²) in [4.78, 5) is 11.4. The average molecular weight is 226 g/mol. The number of sulfone groups is 1. The van der Waals surface area contributed by atoms with E-state index in [0.29, 0.717) is 6.42 Å². The molecule has 3 nitrogen and oxygen atoms in total. The van der Waals surface area contributed by atoms with E-state index in [2.05, 4.69) is 0 Å². The van der Waals surface area contributed by atoms with Gasteiger partial charge in [-0.25, -0.2) is 8.42 Å². The Morgan fingerprint density at radius 2 is 1.80 bits per heavy atom. The van der Waals surface area contributed by atoms with Crippen LogP contribution in [0.5, 0.6) is 0 Å². The SMILES string of the molecule is CS(=O)(=O)CCC(=O)Cc1ccccc1. The fraction of sp³-hybridized carbons (Fsp3) is 0.364. The Morgan fingerprint density at radius 3 is 2.33 bits per heavy atom. The van der Waals surface area contributed by atoms with E-state index in [1.54, 1.807) is 0 Å². The van der Waals surface area contributed by atoms with Gasteiger partial charge in [-0.3, -0.25) is 4.79 Å². The van der Waals surface area contributed by atoms with Crippen molar-refractivity contribution in [2.24, 2.45) is 0 Å². The number of ketones is 1. The van der Waals surface area contributed by atoms with Gasteiger partial charge in [-0.1, -0.05) is 30.3 Å². The fourth-order valence-electron chi connectivity index (χ4n) is 1.21. The van der Waals surface area contributed by atoms with E-state index in [9.17, 15) is 13.2 Å². The molecular formula is C11H14O3S. The van der Waals surface area contributed by atoms with Crippen molar-refractivity contribution in [2.75, 3.05) is 12.0 Å². The van der Waals surface area contributed by atoms with Crippen molar-refractivity contribution < 1.29 is 13.2 Å². The van der Waals surface area contributed by atoms with Crippen molar-refractivity contribution in [2.45, 2.75) is 12.8 Å². The Balaban J connectivity index is 2.44. The molecule has 82 valence electrons. The van der Waals surface area contributed by atoms with Crippen LogP contribution < -0.4 is 0 Å². The number of carbonyl (C=O) groups excluding carboxylic acids is 1. The van der Waals surface area contributed by atoms with E-state index in [-0.39, 0.29) is 18.0 Å². The first-order chi connectivity index (χ1) is 6.97. The van der Waals surface area contributed by atoms with Crippen LogP contribution in [-0.2, 0) is 21.1 Å². The Morgan fingerprint density at radius 1 is 1.20 bits per heavy atom. The molecule has 0 bridgehead atoms. The number of rotatable bonds is 5. The molecule has 15 heavy (non-hydrogen) atoms. The number of hydrogen-bond acceptors (Lipinski definition) is 3. The molecule has 0 aliphatic heterocycles. The molecule has 0 N–H and O–H groups in total. The molecule has 0 atom stereocenters. The lowest BCUT2D eigenvalue weighted by Gasteiger charge is -2.00. The van der Waals surface area contributed by atoms with E-state index in [4.69, 9.17) is 0 Å². The second-order valence-electron chi connectivity index (χ2n) is 3.58. The van der Waals surface area contributed by atoms with Gasteiger partial charge in [0.1, 0.15) is 15.6 Å². The zero-order chi connectivity index (χ0) is 11.3. The van der Waals surface area contributed by atoms with Crippen LogP contribution in [0.1, 0.15) is 12.0 Å². The highest BCUT2D eigenvalue weighted by Gasteiger charge is 2.08. The number of Topliss-reactive ketones (excluding diaryl/α,β-unsaturated/α-hetero) is 1. The molecule has 0 unspecified atom stereocenters. The molecule has 0 saturated heterocycles. The number of benzene rings is 1. The standard InChI is InChI=1S/C11H14O3S/c1-15(13,14)8-7-11(12)9-10-5-3-2-4-6-10/h2-6H,7-9H2,1H3. The maximum absolute atomic E-state index is 11.4. The Bertz CT molecular complexity index is 420. The third kappa shape index (κ3) is 5.32. The molecule has 0 amide bonds. The van der Waals surface area contributed by atoms with Crippen LogP contribution in [0.3, 0.4) is 0 Å². The van der Waals surface area contributed by atoms with Gasteiger partial charge in [0.05, 0.1) is 5.75 Å². The van der Waals surface area contributed by atoms with Crippen molar-refractivity contribution in [3.05, 3.63) is 35.9 Å². The predicted molar refractivity (Wildman–Crippen MR) is 59.5 cm³/mol. The van der Waals surface area contributed by atoms with Gasteiger partial charge in [0, 0.05) is 19.1 Å². The molecule has 0 aromatic heterocycles. The molecule has 1 rings (SSSR count). The third-order valence-corrected chi connectivity index (χ3v) is 2.94. The van der Waals surface area contributed by atoms with Gasteiger partial charge >= 0.3 is 0 Å². The molecule has 0 heterocycles. The topological polar surface area (TPSA) is 51.2 Å². The molecule has 1 aromatic carbocycles. The highest BCUT2D eigenvalue weighted by molar-refractivity contribution is 7.90. The minimum atomic E-state index is -3.03. The molecule has 0 radical (unpaired) electrons. The maximum atomic E-state index is 11.4. The Labute approximate surface area is 90.0 Å². The van der Waals surface area contributed by atoms with Crippen LogP contribution in [0, 0.1) is 0 Å². The summed E-state index contributed by atoms with van der Waals surface area (Å²) in [5.41, 5.74) is 0.927. The summed E-state index contributed by atoms with van der Waals surface area (Å²) >= 11 is 0. The minimum absolute atomic E-state index is 0.0355. The summed E-state index contributed by atoms with van der Waals surface area (Å²) in [6, 6.07) is 9.32. The Hall–Kier alpha value is -1.16.